The summed E-state index contributed by atoms with van der Waals surface area (Å²) in [6.07, 6.45) is 4.62. The second-order valence-electron chi connectivity index (χ2n) is 6.55. The SMILES string of the molecule is Cc1nn(-c2ccc(Cl)cc2)cc1C(=O)N1CCC(OCCCN)CC1.Cl. The zero-order chi connectivity index (χ0) is 18.5. The maximum absolute atomic E-state index is 12.9. The standard InChI is InChI=1S/C19H25ClN4O2.ClH/c1-14-18(13-24(22-14)16-5-3-15(20)4-6-16)19(25)23-10-7-17(8-11-23)26-12-2-9-21;/h3-6,13,17H,2,7-12,21H2,1H3;1H. The van der Waals surface area contributed by atoms with E-state index >= 15 is 0 Å². The highest BCUT2D eigenvalue weighted by Gasteiger charge is 2.26. The first-order valence-corrected chi connectivity index (χ1v) is 9.39. The smallest absolute Gasteiger partial charge is 0.257 e. The number of nitrogens with two attached hydrogens (primary N) is 1. The van der Waals surface area contributed by atoms with Gasteiger partial charge < -0.3 is 15.4 Å². The maximum atomic E-state index is 12.9. The number of hydrogen-bond acceptors (Lipinski definition) is 4. The van der Waals surface area contributed by atoms with Crippen molar-refractivity contribution in [1.29, 1.82) is 0 Å². The van der Waals surface area contributed by atoms with E-state index < -0.39 is 0 Å². The Morgan fingerprint density at radius 2 is 1.96 bits per heavy atom. The number of carbonyl (C=O) groups excluding carboxylic acids is 1. The number of nitrogens with zero attached hydrogens (tertiary/aromatic N) is 3. The van der Waals surface area contributed by atoms with E-state index in [1.165, 1.54) is 0 Å². The Balaban J connectivity index is 0.00000261. The highest BCUT2D eigenvalue weighted by molar-refractivity contribution is 6.30. The van der Waals surface area contributed by atoms with Crippen molar-refractivity contribution in [2.45, 2.75) is 32.3 Å². The molecule has 0 atom stereocenters. The highest BCUT2D eigenvalue weighted by Crippen LogP contribution is 2.20. The lowest BCUT2D eigenvalue weighted by Crippen LogP contribution is -2.41. The average Bonchev–Trinajstić information content (AvgIpc) is 3.04. The summed E-state index contributed by atoms with van der Waals surface area (Å²) in [7, 11) is 0. The lowest BCUT2D eigenvalue weighted by Gasteiger charge is -2.31. The summed E-state index contributed by atoms with van der Waals surface area (Å²) in [5.74, 6) is 0.0307. The van der Waals surface area contributed by atoms with Crippen LogP contribution >= 0.6 is 24.0 Å². The third-order valence-corrected chi connectivity index (χ3v) is 4.90. The van der Waals surface area contributed by atoms with Crippen LogP contribution in [0, 0.1) is 6.92 Å². The van der Waals surface area contributed by atoms with Crippen LogP contribution in [0.15, 0.2) is 30.5 Å². The molecule has 0 aliphatic carbocycles. The van der Waals surface area contributed by atoms with Crippen molar-refractivity contribution < 1.29 is 9.53 Å². The van der Waals surface area contributed by atoms with E-state index in [9.17, 15) is 4.79 Å². The number of ether oxygens (including phenoxy) is 1. The molecule has 3 rings (SSSR count). The molecular formula is C19H26Cl2N4O2. The molecule has 1 fully saturated rings. The van der Waals surface area contributed by atoms with Crippen molar-refractivity contribution in [3.8, 4) is 5.69 Å². The largest absolute Gasteiger partial charge is 0.378 e. The number of rotatable bonds is 6. The van der Waals surface area contributed by atoms with Gasteiger partial charge in [-0.15, -0.1) is 12.4 Å². The molecule has 1 amide bonds. The number of halogens is 2. The van der Waals surface area contributed by atoms with Crippen molar-refractivity contribution in [2.24, 2.45) is 5.73 Å². The minimum absolute atomic E-state index is 0. The molecule has 148 valence electrons. The number of benzene rings is 1. The molecule has 1 aromatic heterocycles. The Hall–Kier alpha value is -1.60. The number of likely N-dealkylation sites (tertiary alicyclic amines) is 1. The van der Waals surface area contributed by atoms with Gasteiger partial charge in [0.25, 0.3) is 5.91 Å². The lowest BCUT2D eigenvalue weighted by atomic mass is 10.1. The number of carbonyl (C=O) groups is 1. The summed E-state index contributed by atoms with van der Waals surface area (Å²) < 4.78 is 7.53. The Morgan fingerprint density at radius 1 is 1.30 bits per heavy atom. The highest BCUT2D eigenvalue weighted by atomic mass is 35.5. The van der Waals surface area contributed by atoms with Crippen LogP contribution in [0.1, 0.15) is 35.3 Å². The van der Waals surface area contributed by atoms with Gasteiger partial charge in [-0.05, 0) is 57.0 Å². The van der Waals surface area contributed by atoms with Gasteiger partial charge in [0, 0.05) is 30.9 Å². The second kappa shape index (κ2) is 10.1. The van der Waals surface area contributed by atoms with Crippen LogP contribution in [0.25, 0.3) is 5.69 Å². The number of aromatic nitrogens is 2. The first-order valence-electron chi connectivity index (χ1n) is 9.01. The van der Waals surface area contributed by atoms with Gasteiger partial charge in [-0.2, -0.15) is 5.10 Å². The van der Waals surface area contributed by atoms with E-state index in [1.807, 2.05) is 36.1 Å². The van der Waals surface area contributed by atoms with Crippen LogP contribution in [-0.4, -0.2) is 52.9 Å². The van der Waals surface area contributed by atoms with Crippen LogP contribution in [0.4, 0.5) is 0 Å². The molecule has 0 radical (unpaired) electrons. The molecule has 8 heteroatoms. The van der Waals surface area contributed by atoms with Gasteiger partial charge in [-0.25, -0.2) is 4.68 Å². The molecular weight excluding hydrogens is 387 g/mol. The molecule has 1 aromatic carbocycles. The topological polar surface area (TPSA) is 73.4 Å². The summed E-state index contributed by atoms with van der Waals surface area (Å²) in [5, 5.41) is 5.15. The van der Waals surface area contributed by atoms with Crippen LogP contribution < -0.4 is 5.73 Å². The fourth-order valence-electron chi connectivity index (χ4n) is 3.13. The van der Waals surface area contributed by atoms with Crippen LogP contribution in [0.3, 0.4) is 0 Å². The zero-order valence-corrected chi connectivity index (χ0v) is 17.0. The summed E-state index contributed by atoms with van der Waals surface area (Å²) in [5.41, 5.74) is 7.74. The number of amides is 1. The van der Waals surface area contributed by atoms with Crippen molar-refractivity contribution in [3.63, 3.8) is 0 Å². The molecule has 6 nitrogen and oxygen atoms in total. The predicted molar refractivity (Wildman–Crippen MR) is 109 cm³/mol. The molecule has 27 heavy (non-hydrogen) atoms. The molecule has 2 heterocycles. The van der Waals surface area contributed by atoms with Crippen molar-refractivity contribution in [3.05, 3.63) is 46.7 Å². The zero-order valence-electron chi connectivity index (χ0n) is 15.4. The minimum atomic E-state index is 0. The molecule has 0 unspecified atom stereocenters. The van der Waals surface area contributed by atoms with Crippen LogP contribution in [0.5, 0.6) is 0 Å². The summed E-state index contributed by atoms with van der Waals surface area (Å²) in [6.45, 7) is 4.62. The fourth-order valence-corrected chi connectivity index (χ4v) is 3.25. The van der Waals surface area contributed by atoms with Gasteiger partial charge in [-0.1, -0.05) is 11.6 Å². The molecule has 0 bridgehead atoms. The van der Waals surface area contributed by atoms with Crippen LogP contribution in [-0.2, 0) is 4.74 Å². The molecule has 1 aliphatic rings. The first-order chi connectivity index (χ1) is 12.6. The minimum Gasteiger partial charge on any atom is -0.378 e. The predicted octanol–water partition coefficient (Wildman–Crippen LogP) is 3.23. The van der Waals surface area contributed by atoms with E-state index in [4.69, 9.17) is 22.1 Å². The quantitative estimate of drug-likeness (QED) is 0.738. The maximum Gasteiger partial charge on any atom is 0.257 e. The lowest BCUT2D eigenvalue weighted by molar-refractivity contribution is 0.00843. The first kappa shape index (κ1) is 21.7. The fraction of sp³-hybridized carbons (Fsp3) is 0.474. The van der Waals surface area contributed by atoms with Crippen molar-refractivity contribution in [1.82, 2.24) is 14.7 Å². The summed E-state index contributed by atoms with van der Waals surface area (Å²) in [6, 6.07) is 7.39. The van der Waals surface area contributed by atoms with E-state index in [0.717, 1.165) is 30.6 Å². The summed E-state index contributed by atoms with van der Waals surface area (Å²) >= 11 is 5.93. The molecule has 1 aliphatic heterocycles. The number of piperidine rings is 1. The Kier molecular flexibility index (Phi) is 8.10. The van der Waals surface area contributed by atoms with Crippen LogP contribution in [0.2, 0.25) is 5.02 Å². The summed E-state index contributed by atoms with van der Waals surface area (Å²) in [4.78, 5) is 14.8. The monoisotopic (exact) mass is 412 g/mol. The number of aryl methyl sites for hydroxylation is 1. The van der Waals surface area contributed by atoms with E-state index in [1.54, 1.807) is 10.9 Å². The normalized spacial score (nSPS) is 14.9. The van der Waals surface area contributed by atoms with E-state index in [2.05, 4.69) is 5.10 Å². The average molecular weight is 413 g/mol. The van der Waals surface area contributed by atoms with Gasteiger partial charge in [0.1, 0.15) is 0 Å². The second-order valence-corrected chi connectivity index (χ2v) is 6.99. The van der Waals surface area contributed by atoms with Gasteiger partial charge in [0.15, 0.2) is 0 Å². The van der Waals surface area contributed by atoms with Crippen molar-refractivity contribution >= 4 is 29.9 Å². The van der Waals surface area contributed by atoms with E-state index in [-0.39, 0.29) is 24.4 Å². The molecule has 0 spiro atoms. The number of hydrogen-bond donors (Lipinski definition) is 1. The molecule has 2 N–H and O–H groups in total. The molecule has 0 saturated carbocycles. The van der Waals surface area contributed by atoms with E-state index in [0.29, 0.717) is 36.8 Å². The molecule has 1 saturated heterocycles. The molecule has 2 aromatic rings. The van der Waals surface area contributed by atoms with Gasteiger partial charge in [0.2, 0.25) is 0 Å². The van der Waals surface area contributed by atoms with Crippen molar-refractivity contribution in [2.75, 3.05) is 26.2 Å². The third kappa shape index (κ3) is 5.45. The third-order valence-electron chi connectivity index (χ3n) is 4.65. The Bertz CT molecular complexity index is 741. The van der Waals surface area contributed by atoms with Gasteiger partial charge in [0.05, 0.1) is 23.0 Å². The van der Waals surface area contributed by atoms with Gasteiger partial charge >= 0.3 is 0 Å². The Morgan fingerprint density at radius 3 is 2.59 bits per heavy atom. The Labute approximate surface area is 171 Å². The van der Waals surface area contributed by atoms with Gasteiger partial charge in [-0.3, -0.25) is 4.79 Å².